The Labute approximate surface area is 212 Å². The number of amides is 2. The molecule has 34 heavy (non-hydrogen) atoms. The topological polar surface area (TPSA) is 79.8 Å². The first-order valence-corrected chi connectivity index (χ1v) is 11.9. The summed E-state index contributed by atoms with van der Waals surface area (Å²) in [6.45, 7) is 4.08. The first-order chi connectivity index (χ1) is 16.3. The number of para-hydroxylation sites is 1. The van der Waals surface area contributed by atoms with Crippen LogP contribution >= 0.6 is 27.5 Å². The van der Waals surface area contributed by atoms with Crippen molar-refractivity contribution in [1.29, 1.82) is 0 Å². The molecule has 3 aromatic carbocycles. The second-order valence-electron chi connectivity index (χ2n) is 7.86. The van der Waals surface area contributed by atoms with Crippen molar-refractivity contribution in [3.63, 3.8) is 0 Å². The van der Waals surface area contributed by atoms with E-state index in [1.54, 1.807) is 24.3 Å². The molecule has 0 saturated heterocycles. The summed E-state index contributed by atoms with van der Waals surface area (Å²) in [5, 5.41) is 7.14. The number of carbonyl (C=O) groups is 2. The van der Waals surface area contributed by atoms with Gasteiger partial charge in [0.1, 0.15) is 18.4 Å². The molecule has 3 rings (SSSR count). The summed E-state index contributed by atoms with van der Waals surface area (Å²) in [4.78, 5) is 25.3. The van der Waals surface area contributed by atoms with E-state index in [4.69, 9.17) is 16.3 Å². The lowest BCUT2D eigenvalue weighted by molar-refractivity contribution is -0.123. The van der Waals surface area contributed by atoms with Crippen LogP contribution in [-0.4, -0.2) is 24.1 Å². The molecule has 8 heteroatoms. The van der Waals surface area contributed by atoms with Gasteiger partial charge in [0.15, 0.2) is 0 Å². The van der Waals surface area contributed by atoms with E-state index in [0.717, 1.165) is 10.0 Å². The van der Waals surface area contributed by atoms with Crippen molar-refractivity contribution in [2.45, 2.75) is 26.5 Å². The van der Waals surface area contributed by atoms with Gasteiger partial charge in [-0.15, -0.1) is 0 Å². The van der Waals surface area contributed by atoms with Crippen LogP contribution in [0, 0.1) is 5.92 Å². The molecule has 0 aromatic heterocycles. The molecule has 176 valence electrons. The van der Waals surface area contributed by atoms with Crippen LogP contribution < -0.4 is 15.5 Å². The van der Waals surface area contributed by atoms with E-state index in [0.29, 0.717) is 28.5 Å². The van der Waals surface area contributed by atoms with Gasteiger partial charge in [-0.25, -0.2) is 5.43 Å². The molecule has 0 bridgehead atoms. The van der Waals surface area contributed by atoms with E-state index in [2.05, 4.69) is 31.8 Å². The van der Waals surface area contributed by atoms with Gasteiger partial charge in [-0.3, -0.25) is 9.59 Å². The van der Waals surface area contributed by atoms with Gasteiger partial charge in [-0.2, -0.15) is 5.10 Å². The largest absolute Gasteiger partial charge is 0.488 e. The summed E-state index contributed by atoms with van der Waals surface area (Å²) >= 11 is 9.52. The number of benzene rings is 3. The van der Waals surface area contributed by atoms with Crippen LogP contribution in [0.1, 0.15) is 35.3 Å². The number of carbonyl (C=O) groups excluding carboxylic acids is 2. The van der Waals surface area contributed by atoms with Crippen LogP contribution in [0.4, 0.5) is 0 Å². The number of rotatable bonds is 9. The van der Waals surface area contributed by atoms with Crippen molar-refractivity contribution in [1.82, 2.24) is 10.7 Å². The zero-order chi connectivity index (χ0) is 24.5. The Morgan fingerprint density at radius 1 is 1.03 bits per heavy atom. The van der Waals surface area contributed by atoms with Gasteiger partial charge in [0.25, 0.3) is 11.8 Å². The molecule has 0 aliphatic heterocycles. The molecular weight excluding hydrogens is 518 g/mol. The van der Waals surface area contributed by atoms with E-state index >= 15 is 0 Å². The minimum atomic E-state index is -0.787. The van der Waals surface area contributed by atoms with Crippen molar-refractivity contribution in [3.8, 4) is 5.75 Å². The minimum Gasteiger partial charge on any atom is -0.488 e. The highest BCUT2D eigenvalue weighted by Crippen LogP contribution is 2.19. The third-order valence-corrected chi connectivity index (χ3v) is 5.82. The molecule has 0 aliphatic rings. The number of halogens is 2. The normalized spacial score (nSPS) is 11.9. The summed E-state index contributed by atoms with van der Waals surface area (Å²) in [5.41, 5.74) is 4.56. The van der Waals surface area contributed by atoms with E-state index in [1.165, 1.54) is 6.21 Å². The van der Waals surface area contributed by atoms with Gasteiger partial charge in [-0.05, 0) is 47.9 Å². The Balaban J connectivity index is 1.63. The predicted molar refractivity (Wildman–Crippen MR) is 138 cm³/mol. The monoisotopic (exact) mass is 541 g/mol. The molecule has 0 aliphatic carbocycles. The maximum Gasteiger partial charge on any atom is 0.262 e. The molecule has 0 radical (unpaired) electrons. The standard InChI is InChI=1S/C26H25BrClN3O3/c1-17(2)24(30-25(32)21-8-4-5-9-22(21)28)26(33)31-29-15-19-7-3-6-10-23(19)34-16-18-11-13-20(27)14-12-18/h3-15,17,24H,16H2,1-2H3,(H,30,32)(H,31,33). The third kappa shape index (κ3) is 7.17. The van der Waals surface area contributed by atoms with Crippen molar-refractivity contribution >= 4 is 45.6 Å². The van der Waals surface area contributed by atoms with Crippen LogP contribution in [0.5, 0.6) is 5.75 Å². The van der Waals surface area contributed by atoms with Crippen molar-refractivity contribution < 1.29 is 14.3 Å². The van der Waals surface area contributed by atoms with Crippen molar-refractivity contribution in [2.75, 3.05) is 0 Å². The molecule has 0 fully saturated rings. The highest BCUT2D eigenvalue weighted by atomic mass is 79.9. The number of hydrogen-bond acceptors (Lipinski definition) is 4. The van der Waals surface area contributed by atoms with Crippen LogP contribution in [0.25, 0.3) is 0 Å². The quantitative estimate of drug-likeness (QED) is 0.273. The second kappa shape index (κ2) is 12.3. The Morgan fingerprint density at radius 2 is 1.71 bits per heavy atom. The number of ether oxygens (including phenoxy) is 1. The lowest BCUT2D eigenvalue weighted by atomic mass is 10.0. The Morgan fingerprint density at radius 3 is 2.41 bits per heavy atom. The van der Waals surface area contributed by atoms with Gasteiger partial charge in [0.05, 0.1) is 16.8 Å². The molecule has 0 saturated carbocycles. The van der Waals surface area contributed by atoms with E-state index in [9.17, 15) is 9.59 Å². The van der Waals surface area contributed by atoms with Crippen LogP contribution in [0.3, 0.4) is 0 Å². The first-order valence-electron chi connectivity index (χ1n) is 10.7. The van der Waals surface area contributed by atoms with Crippen molar-refractivity contribution in [2.24, 2.45) is 11.0 Å². The summed E-state index contributed by atoms with van der Waals surface area (Å²) in [6, 6.07) is 21.2. The summed E-state index contributed by atoms with van der Waals surface area (Å²) < 4.78 is 6.93. The molecule has 1 unspecified atom stereocenters. The average molecular weight is 543 g/mol. The van der Waals surface area contributed by atoms with Gasteiger partial charge >= 0.3 is 0 Å². The molecule has 2 amide bonds. The lowest BCUT2D eigenvalue weighted by Crippen LogP contribution is -2.48. The fourth-order valence-corrected chi connectivity index (χ4v) is 3.58. The number of nitrogens with one attached hydrogen (secondary N) is 2. The molecule has 2 N–H and O–H groups in total. The summed E-state index contributed by atoms with van der Waals surface area (Å²) in [5.74, 6) is -0.381. The van der Waals surface area contributed by atoms with Gasteiger partial charge in [-0.1, -0.05) is 77.8 Å². The van der Waals surface area contributed by atoms with E-state index < -0.39 is 17.9 Å². The zero-order valence-electron chi connectivity index (χ0n) is 18.8. The number of hydrogen-bond donors (Lipinski definition) is 2. The summed E-state index contributed by atoms with van der Waals surface area (Å²) in [7, 11) is 0. The van der Waals surface area contributed by atoms with Crippen molar-refractivity contribution in [3.05, 3.63) is 99.0 Å². The highest BCUT2D eigenvalue weighted by molar-refractivity contribution is 9.10. The van der Waals surface area contributed by atoms with Gasteiger partial charge in [0, 0.05) is 10.0 Å². The fourth-order valence-electron chi connectivity index (χ4n) is 3.09. The molecular formula is C26H25BrClN3O3. The average Bonchev–Trinajstić information content (AvgIpc) is 2.82. The summed E-state index contributed by atoms with van der Waals surface area (Å²) in [6.07, 6.45) is 1.52. The Hall–Kier alpha value is -3.16. The second-order valence-corrected chi connectivity index (χ2v) is 9.19. The maximum atomic E-state index is 12.7. The number of nitrogens with zero attached hydrogens (tertiary/aromatic N) is 1. The van der Waals surface area contributed by atoms with Gasteiger partial charge in [0.2, 0.25) is 0 Å². The fraction of sp³-hybridized carbons (Fsp3) is 0.192. The molecule has 6 nitrogen and oxygen atoms in total. The molecule has 1 atom stereocenters. The van der Waals surface area contributed by atoms with E-state index in [-0.39, 0.29) is 5.92 Å². The predicted octanol–water partition coefficient (Wildman–Crippen LogP) is 5.59. The van der Waals surface area contributed by atoms with Gasteiger partial charge < -0.3 is 10.1 Å². The van der Waals surface area contributed by atoms with E-state index in [1.807, 2.05) is 62.4 Å². The Kier molecular flexibility index (Phi) is 9.24. The zero-order valence-corrected chi connectivity index (χ0v) is 21.1. The maximum absolute atomic E-state index is 12.7. The molecule has 3 aromatic rings. The van der Waals surface area contributed by atoms with Crippen LogP contribution in [0.2, 0.25) is 5.02 Å². The minimum absolute atomic E-state index is 0.164. The lowest BCUT2D eigenvalue weighted by Gasteiger charge is -2.20. The molecule has 0 heterocycles. The Bertz CT molecular complexity index is 1170. The van der Waals surface area contributed by atoms with Crippen LogP contribution in [0.15, 0.2) is 82.4 Å². The highest BCUT2D eigenvalue weighted by Gasteiger charge is 2.25. The molecule has 0 spiro atoms. The number of hydrazone groups is 1. The van der Waals surface area contributed by atoms with Crippen LogP contribution in [-0.2, 0) is 11.4 Å². The smallest absolute Gasteiger partial charge is 0.262 e. The third-order valence-electron chi connectivity index (χ3n) is 4.96. The SMILES string of the molecule is CC(C)C(NC(=O)c1ccccc1Cl)C(=O)NN=Cc1ccccc1OCc1ccc(Br)cc1. The first kappa shape index (κ1) is 25.5.